The quantitative estimate of drug-likeness (QED) is 0.791. The number of halogens is 1. The van der Waals surface area contributed by atoms with Gasteiger partial charge in [-0.15, -0.1) is 0 Å². The van der Waals surface area contributed by atoms with E-state index in [1.54, 1.807) is 6.07 Å². The van der Waals surface area contributed by atoms with E-state index in [1.165, 1.54) is 0 Å². The standard InChI is InChI=1S/C10H7BrN2/c11-10-4-3-9(7-13)8(6-10)2-1-5-12/h3-4,6H,1-2H2. The zero-order valence-electron chi connectivity index (χ0n) is 6.92. The molecule has 0 aromatic heterocycles. The van der Waals surface area contributed by atoms with Crippen LogP contribution in [0.3, 0.4) is 0 Å². The van der Waals surface area contributed by atoms with Crippen LogP contribution >= 0.6 is 15.9 Å². The summed E-state index contributed by atoms with van der Waals surface area (Å²) in [4.78, 5) is 0. The highest BCUT2D eigenvalue weighted by molar-refractivity contribution is 9.10. The van der Waals surface area contributed by atoms with Crippen LogP contribution in [0.4, 0.5) is 0 Å². The van der Waals surface area contributed by atoms with Crippen LogP contribution in [-0.4, -0.2) is 0 Å². The number of hydrogen-bond acceptors (Lipinski definition) is 2. The third-order valence-corrected chi connectivity index (χ3v) is 2.19. The second-order valence-corrected chi connectivity index (χ2v) is 3.49. The van der Waals surface area contributed by atoms with Crippen molar-refractivity contribution in [1.82, 2.24) is 0 Å². The highest BCUT2D eigenvalue weighted by Gasteiger charge is 2.01. The Morgan fingerprint density at radius 2 is 2.08 bits per heavy atom. The fourth-order valence-electron chi connectivity index (χ4n) is 1.07. The first-order valence-electron chi connectivity index (χ1n) is 3.83. The fourth-order valence-corrected chi connectivity index (χ4v) is 1.48. The summed E-state index contributed by atoms with van der Waals surface area (Å²) in [5.41, 5.74) is 1.58. The van der Waals surface area contributed by atoms with E-state index in [9.17, 15) is 0 Å². The van der Waals surface area contributed by atoms with Crippen LogP contribution in [0.25, 0.3) is 0 Å². The minimum atomic E-state index is 0.450. The Morgan fingerprint density at radius 1 is 1.31 bits per heavy atom. The molecule has 0 heterocycles. The maximum atomic E-state index is 8.76. The van der Waals surface area contributed by atoms with E-state index in [1.807, 2.05) is 12.1 Å². The number of nitrogens with zero attached hydrogens (tertiary/aromatic N) is 2. The van der Waals surface area contributed by atoms with Gasteiger partial charge in [0, 0.05) is 10.9 Å². The van der Waals surface area contributed by atoms with Crippen molar-refractivity contribution < 1.29 is 0 Å². The van der Waals surface area contributed by atoms with Gasteiger partial charge in [-0.05, 0) is 30.2 Å². The topological polar surface area (TPSA) is 47.6 Å². The molecular formula is C10H7BrN2. The van der Waals surface area contributed by atoms with Crippen molar-refractivity contribution in [3.05, 3.63) is 33.8 Å². The molecule has 13 heavy (non-hydrogen) atoms. The van der Waals surface area contributed by atoms with E-state index >= 15 is 0 Å². The molecule has 0 unspecified atom stereocenters. The zero-order chi connectivity index (χ0) is 9.68. The van der Waals surface area contributed by atoms with E-state index in [-0.39, 0.29) is 0 Å². The Labute approximate surface area is 85.5 Å². The second-order valence-electron chi connectivity index (χ2n) is 2.57. The molecule has 0 aliphatic heterocycles. The molecule has 3 heteroatoms. The molecule has 0 radical (unpaired) electrons. The highest BCUT2D eigenvalue weighted by Crippen LogP contribution is 2.17. The van der Waals surface area contributed by atoms with Crippen LogP contribution in [0.2, 0.25) is 0 Å². The molecule has 0 aliphatic rings. The average Bonchev–Trinajstić information content (AvgIpc) is 2.15. The second kappa shape index (κ2) is 4.64. The molecule has 0 fully saturated rings. The van der Waals surface area contributed by atoms with Crippen molar-refractivity contribution in [1.29, 1.82) is 10.5 Å². The van der Waals surface area contributed by atoms with E-state index in [2.05, 4.69) is 28.1 Å². The van der Waals surface area contributed by atoms with E-state index in [0.29, 0.717) is 18.4 Å². The summed E-state index contributed by atoms with van der Waals surface area (Å²) in [7, 11) is 0. The molecule has 0 N–H and O–H groups in total. The van der Waals surface area contributed by atoms with Gasteiger partial charge in [0.25, 0.3) is 0 Å². The molecule has 0 saturated heterocycles. The van der Waals surface area contributed by atoms with Crippen molar-refractivity contribution in [2.75, 3.05) is 0 Å². The van der Waals surface area contributed by atoms with Crippen molar-refractivity contribution in [3.63, 3.8) is 0 Å². The molecule has 0 spiro atoms. The third-order valence-electron chi connectivity index (χ3n) is 1.69. The van der Waals surface area contributed by atoms with Gasteiger partial charge in [0.05, 0.1) is 17.7 Å². The van der Waals surface area contributed by atoms with Crippen LogP contribution in [0, 0.1) is 22.7 Å². The summed E-state index contributed by atoms with van der Waals surface area (Å²) in [5.74, 6) is 0. The van der Waals surface area contributed by atoms with Gasteiger partial charge in [-0.25, -0.2) is 0 Å². The predicted molar refractivity (Wildman–Crippen MR) is 52.8 cm³/mol. The first-order valence-corrected chi connectivity index (χ1v) is 4.62. The molecule has 1 aromatic rings. The van der Waals surface area contributed by atoms with Gasteiger partial charge in [-0.3, -0.25) is 0 Å². The summed E-state index contributed by atoms with van der Waals surface area (Å²) in [6.07, 6.45) is 1.09. The Balaban J connectivity index is 2.97. The number of benzene rings is 1. The first kappa shape index (κ1) is 9.77. The van der Waals surface area contributed by atoms with Gasteiger partial charge in [0.15, 0.2) is 0 Å². The molecule has 64 valence electrons. The Morgan fingerprint density at radius 3 is 2.69 bits per heavy atom. The lowest BCUT2D eigenvalue weighted by Crippen LogP contribution is -1.89. The maximum absolute atomic E-state index is 8.76. The summed E-state index contributed by atoms with van der Waals surface area (Å²) in [6, 6.07) is 9.64. The van der Waals surface area contributed by atoms with Crippen molar-refractivity contribution in [3.8, 4) is 12.1 Å². The van der Waals surface area contributed by atoms with Crippen molar-refractivity contribution >= 4 is 15.9 Å². The minimum absolute atomic E-state index is 0.450. The van der Waals surface area contributed by atoms with Gasteiger partial charge in [0.2, 0.25) is 0 Å². The van der Waals surface area contributed by atoms with Crippen molar-refractivity contribution in [2.45, 2.75) is 12.8 Å². The Kier molecular flexibility index (Phi) is 3.49. The molecular weight excluding hydrogens is 228 g/mol. The number of rotatable bonds is 2. The lowest BCUT2D eigenvalue weighted by Gasteiger charge is -2.00. The van der Waals surface area contributed by atoms with E-state index in [4.69, 9.17) is 10.5 Å². The molecule has 0 atom stereocenters. The lowest BCUT2D eigenvalue weighted by atomic mass is 10.0. The monoisotopic (exact) mass is 234 g/mol. The summed E-state index contributed by atoms with van der Waals surface area (Å²) < 4.78 is 0.944. The molecule has 0 saturated carbocycles. The zero-order valence-corrected chi connectivity index (χ0v) is 8.50. The molecule has 0 bridgehead atoms. The fraction of sp³-hybridized carbons (Fsp3) is 0.200. The van der Waals surface area contributed by atoms with E-state index in [0.717, 1.165) is 10.0 Å². The van der Waals surface area contributed by atoms with Gasteiger partial charge >= 0.3 is 0 Å². The number of hydrogen-bond donors (Lipinski definition) is 0. The molecule has 1 rings (SSSR count). The summed E-state index contributed by atoms with van der Waals surface area (Å²) in [5, 5.41) is 17.2. The maximum Gasteiger partial charge on any atom is 0.0994 e. The normalized spacial score (nSPS) is 8.85. The number of aryl methyl sites for hydroxylation is 1. The van der Waals surface area contributed by atoms with Gasteiger partial charge in [-0.1, -0.05) is 15.9 Å². The predicted octanol–water partition coefficient (Wildman–Crippen LogP) is 2.78. The average molecular weight is 235 g/mol. The first-order chi connectivity index (χ1) is 6.27. The number of nitriles is 2. The summed E-state index contributed by atoms with van der Waals surface area (Å²) in [6.45, 7) is 0. The minimum Gasteiger partial charge on any atom is -0.198 e. The molecule has 1 aromatic carbocycles. The highest BCUT2D eigenvalue weighted by atomic mass is 79.9. The molecule has 2 nitrogen and oxygen atoms in total. The Hall–Kier alpha value is -1.32. The van der Waals surface area contributed by atoms with Crippen LogP contribution in [0.15, 0.2) is 22.7 Å². The smallest absolute Gasteiger partial charge is 0.0994 e. The molecule has 0 amide bonds. The van der Waals surface area contributed by atoms with Crippen LogP contribution in [0.5, 0.6) is 0 Å². The van der Waals surface area contributed by atoms with Crippen LogP contribution in [-0.2, 0) is 6.42 Å². The van der Waals surface area contributed by atoms with Gasteiger partial charge < -0.3 is 0 Å². The van der Waals surface area contributed by atoms with Gasteiger partial charge in [0.1, 0.15) is 0 Å². The molecule has 0 aliphatic carbocycles. The Bertz CT molecular complexity index is 385. The van der Waals surface area contributed by atoms with Crippen LogP contribution < -0.4 is 0 Å². The van der Waals surface area contributed by atoms with Gasteiger partial charge in [-0.2, -0.15) is 10.5 Å². The largest absolute Gasteiger partial charge is 0.198 e. The lowest BCUT2D eigenvalue weighted by molar-refractivity contribution is 1.00. The third kappa shape index (κ3) is 2.57. The summed E-state index contributed by atoms with van der Waals surface area (Å²) >= 11 is 3.33. The van der Waals surface area contributed by atoms with E-state index < -0.39 is 0 Å². The van der Waals surface area contributed by atoms with Crippen molar-refractivity contribution in [2.24, 2.45) is 0 Å². The van der Waals surface area contributed by atoms with Crippen LogP contribution in [0.1, 0.15) is 17.5 Å². The SMILES string of the molecule is N#CCCc1cc(Br)ccc1C#N.